The average molecular weight is 465 g/mol. The van der Waals surface area contributed by atoms with Crippen molar-refractivity contribution in [3.8, 4) is 5.75 Å². The zero-order valence-electron chi connectivity index (χ0n) is 18.3. The third-order valence-corrected chi connectivity index (χ3v) is 7.09. The Morgan fingerprint density at radius 1 is 1.19 bits per heavy atom. The summed E-state index contributed by atoms with van der Waals surface area (Å²) in [5, 5.41) is 14.8. The standard InChI is InChI=1S/C23H32N2O6S/c1-30-17-6-4-15(5-7-17)14-18(21(27)28)24-22(29)23(10-2-3-11-23)25-20(26)19(32)16-8-12-31-13-9-16/h4-7,16,18-19,32H,2-3,8-14H2,1H3,(H,24,29)(H,25,26)(H,27,28)/t18-,19-/m0/s1. The van der Waals surface area contributed by atoms with Crippen LogP contribution in [0.3, 0.4) is 0 Å². The smallest absolute Gasteiger partial charge is 0.326 e. The van der Waals surface area contributed by atoms with Crippen molar-refractivity contribution < 1.29 is 29.0 Å². The molecule has 9 heteroatoms. The lowest BCUT2D eigenvalue weighted by Crippen LogP contribution is -2.61. The van der Waals surface area contributed by atoms with Crippen LogP contribution >= 0.6 is 12.6 Å². The van der Waals surface area contributed by atoms with E-state index < -0.39 is 28.7 Å². The summed E-state index contributed by atoms with van der Waals surface area (Å²) >= 11 is 4.53. The van der Waals surface area contributed by atoms with Crippen molar-refractivity contribution in [2.75, 3.05) is 20.3 Å². The Labute approximate surface area is 193 Å². The van der Waals surface area contributed by atoms with Gasteiger partial charge in [-0.1, -0.05) is 25.0 Å². The maximum atomic E-state index is 13.3. The number of carbonyl (C=O) groups is 3. The van der Waals surface area contributed by atoms with Crippen molar-refractivity contribution in [1.29, 1.82) is 0 Å². The van der Waals surface area contributed by atoms with E-state index in [1.165, 1.54) is 0 Å². The third-order valence-electron chi connectivity index (χ3n) is 6.44. The molecule has 0 radical (unpaired) electrons. The Hall–Kier alpha value is -2.26. The number of hydrogen-bond donors (Lipinski definition) is 4. The predicted octanol–water partition coefficient (Wildman–Crippen LogP) is 1.96. The molecular weight excluding hydrogens is 432 g/mol. The first-order valence-electron chi connectivity index (χ1n) is 11.1. The molecule has 3 rings (SSSR count). The van der Waals surface area contributed by atoms with Gasteiger partial charge in [-0.25, -0.2) is 4.79 Å². The number of aliphatic carboxylic acids is 1. The van der Waals surface area contributed by atoms with Crippen LogP contribution in [-0.4, -0.2) is 60.0 Å². The molecule has 0 bridgehead atoms. The number of carbonyl (C=O) groups excluding carboxylic acids is 2. The van der Waals surface area contributed by atoms with Gasteiger partial charge in [-0.05, 0) is 49.3 Å². The van der Waals surface area contributed by atoms with E-state index >= 15 is 0 Å². The van der Waals surface area contributed by atoms with Gasteiger partial charge in [0.2, 0.25) is 11.8 Å². The number of thiol groups is 1. The SMILES string of the molecule is COc1ccc(C[C@H](NC(=O)C2(NC(=O)[C@@H](S)C3CCOCC3)CCCC2)C(=O)O)cc1. The predicted molar refractivity (Wildman–Crippen MR) is 122 cm³/mol. The molecule has 1 aliphatic carbocycles. The monoisotopic (exact) mass is 464 g/mol. The Kier molecular flexibility index (Phi) is 8.42. The molecule has 1 aromatic rings. The summed E-state index contributed by atoms with van der Waals surface area (Å²) < 4.78 is 10.5. The zero-order valence-corrected chi connectivity index (χ0v) is 19.2. The van der Waals surface area contributed by atoms with E-state index in [9.17, 15) is 19.5 Å². The molecule has 0 aromatic heterocycles. The van der Waals surface area contributed by atoms with Gasteiger partial charge >= 0.3 is 5.97 Å². The van der Waals surface area contributed by atoms with Gasteiger partial charge in [0.05, 0.1) is 12.4 Å². The van der Waals surface area contributed by atoms with E-state index in [2.05, 4.69) is 23.3 Å². The molecule has 2 aliphatic rings. The van der Waals surface area contributed by atoms with Gasteiger partial charge in [0.25, 0.3) is 0 Å². The van der Waals surface area contributed by atoms with Crippen LogP contribution in [0.15, 0.2) is 24.3 Å². The normalized spacial score (nSPS) is 20.2. The van der Waals surface area contributed by atoms with Crippen LogP contribution < -0.4 is 15.4 Å². The van der Waals surface area contributed by atoms with Gasteiger partial charge in [-0.15, -0.1) is 0 Å². The highest BCUT2D eigenvalue weighted by molar-refractivity contribution is 7.81. The van der Waals surface area contributed by atoms with Crippen LogP contribution in [0.25, 0.3) is 0 Å². The minimum atomic E-state index is -1.12. The molecule has 2 amide bonds. The van der Waals surface area contributed by atoms with Crippen molar-refractivity contribution >= 4 is 30.4 Å². The minimum absolute atomic E-state index is 0.0930. The number of carboxylic acids is 1. The summed E-state index contributed by atoms with van der Waals surface area (Å²) in [6.07, 6.45) is 4.18. The fraction of sp³-hybridized carbons (Fsp3) is 0.609. The van der Waals surface area contributed by atoms with Crippen LogP contribution in [0.5, 0.6) is 5.75 Å². The molecule has 0 unspecified atom stereocenters. The van der Waals surface area contributed by atoms with Crippen LogP contribution in [-0.2, 0) is 25.5 Å². The van der Waals surface area contributed by atoms with Crippen molar-refractivity contribution in [1.82, 2.24) is 10.6 Å². The Bertz CT molecular complexity index is 803. The summed E-state index contributed by atoms with van der Waals surface area (Å²) in [4.78, 5) is 38.1. The third kappa shape index (κ3) is 5.95. The van der Waals surface area contributed by atoms with E-state index in [1.54, 1.807) is 31.4 Å². The number of rotatable bonds is 9. The molecule has 3 N–H and O–H groups in total. The van der Waals surface area contributed by atoms with Crippen LogP contribution in [0.4, 0.5) is 0 Å². The second-order valence-electron chi connectivity index (χ2n) is 8.59. The summed E-state index contributed by atoms with van der Waals surface area (Å²) in [7, 11) is 1.56. The van der Waals surface area contributed by atoms with Crippen molar-refractivity contribution in [2.24, 2.45) is 5.92 Å². The van der Waals surface area contributed by atoms with Gasteiger partial charge < -0.3 is 25.2 Å². The lowest BCUT2D eigenvalue weighted by molar-refractivity contribution is -0.143. The first kappa shape index (κ1) is 24.4. The maximum absolute atomic E-state index is 13.3. The second-order valence-corrected chi connectivity index (χ2v) is 9.15. The highest BCUT2D eigenvalue weighted by atomic mass is 32.1. The average Bonchev–Trinajstić information content (AvgIpc) is 3.28. The van der Waals surface area contributed by atoms with Crippen molar-refractivity contribution in [2.45, 2.75) is 61.8 Å². The summed E-state index contributed by atoms with van der Waals surface area (Å²) in [5.74, 6) is -1.09. The summed E-state index contributed by atoms with van der Waals surface area (Å²) in [6.45, 7) is 1.21. The lowest BCUT2D eigenvalue weighted by Gasteiger charge is -2.33. The second kappa shape index (κ2) is 11.0. The summed E-state index contributed by atoms with van der Waals surface area (Å²) in [5.41, 5.74) is -0.338. The zero-order chi connectivity index (χ0) is 23.1. The Morgan fingerprint density at radius 3 is 2.38 bits per heavy atom. The highest BCUT2D eigenvalue weighted by Crippen LogP contribution is 2.32. The molecule has 2 atom stereocenters. The molecule has 1 heterocycles. The van der Waals surface area contributed by atoms with E-state index in [1.807, 2.05) is 0 Å². The molecule has 1 aliphatic heterocycles. The van der Waals surface area contributed by atoms with Gasteiger partial charge in [-0.3, -0.25) is 9.59 Å². The molecule has 32 heavy (non-hydrogen) atoms. The number of amides is 2. The topological polar surface area (TPSA) is 114 Å². The lowest BCUT2D eigenvalue weighted by atomic mass is 9.92. The van der Waals surface area contributed by atoms with E-state index in [0.29, 0.717) is 31.8 Å². The molecule has 8 nitrogen and oxygen atoms in total. The number of nitrogens with one attached hydrogen (secondary N) is 2. The maximum Gasteiger partial charge on any atom is 0.326 e. The minimum Gasteiger partial charge on any atom is -0.497 e. The Morgan fingerprint density at radius 2 is 1.81 bits per heavy atom. The number of methoxy groups -OCH3 is 1. The number of ether oxygens (including phenoxy) is 2. The van der Waals surface area contributed by atoms with Gasteiger partial charge in [-0.2, -0.15) is 12.6 Å². The molecule has 2 fully saturated rings. The molecular formula is C23H32N2O6S. The molecule has 1 saturated heterocycles. The summed E-state index contributed by atoms with van der Waals surface area (Å²) in [6, 6.07) is 5.93. The Balaban J connectivity index is 1.67. The quantitative estimate of drug-likeness (QED) is 0.416. The van der Waals surface area contributed by atoms with Crippen molar-refractivity contribution in [3.05, 3.63) is 29.8 Å². The molecule has 176 valence electrons. The van der Waals surface area contributed by atoms with Gasteiger partial charge in [0.1, 0.15) is 17.3 Å². The van der Waals surface area contributed by atoms with E-state index in [0.717, 1.165) is 31.2 Å². The first-order chi connectivity index (χ1) is 15.3. The number of benzene rings is 1. The van der Waals surface area contributed by atoms with Crippen LogP contribution in [0.2, 0.25) is 0 Å². The van der Waals surface area contributed by atoms with Crippen molar-refractivity contribution in [3.63, 3.8) is 0 Å². The van der Waals surface area contributed by atoms with E-state index in [4.69, 9.17) is 9.47 Å². The molecule has 1 aromatic carbocycles. The molecule has 1 saturated carbocycles. The van der Waals surface area contributed by atoms with Gasteiger partial charge in [0.15, 0.2) is 0 Å². The van der Waals surface area contributed by atoms with Gasteiger partial charge in [0, 0.05) is 19.6 Å². The van der Waals surface area contributed by atoms with Crippen LogP contribution in [0.1, 0.15) is 44.1 Å². The fourth-order valence-electron chi connectivity index (χ4n) is 4.44. The molecule has 0 spiro atoms. The first-order valence-corrected chi connectivity index (χ1v) is 11.6. The van der Waals surface area contributed by atoms with Crippen LogP contribution in [0, 0.1) is 5.92 Å². The van der Waals surface area contributed by atoms with E-state index in [-0.39, 0.29) is 18.2 Å². The largest absolute Gasteiger partial charge is 0.497 e. The highest BCUT2D eigenvalue weighted by Gasteiger charge is 2.45. The number of hydrogen-bond acceptors (Lipinski definition) is 6. The number of carboxylic acid groups (broad SMARTS) is 1. The fourth-order valence-corrected chi connectivity index (χ4v) is 4.80.